The molecule has 1 amide bonds. The van der Waals surface area contributed by atoms with Crippen molar-refractivity contribution < 1.29 is 9.32 Å². The molecule has 1 atom stereocenters. The first kappa shape index (κ1) is 17.9. The van der Waals surface area contributed by atoms with Crippen LogP contribution in [0.15, 0.2) is 28.8 Å². The topological polar surface area (TPSA) is 94.0 Å². The fraction of sp³-hybridized carbons (Fsp3) is 0.500. The van der Waals surface area contributed by atoms with E-state index in [-0.39, 0.29) is 17.9 Å². The van der Waals surface area contributed by atoms with Crippen molar-refractivity contribution in [2.45, 2.75) is 51.1 Å². The fourth-order valence-electron chi connectivity index (χ4n) is 3.13. The molecular formula is C18H23ClN4O2. The molecule has 6 nitrogen and oxygen atoms in total. The number of nitrogens with one attached hydrogen (secondary N) is 1. The monoisotopic (exact) mass is 362 g/mol. The van der Waals surface area contributed by atoms with Gasteiger partial charge in [0.2, 0.25) is 5.89 Å². The summed E-state index contributed by atoms with van der Waals surface area (Å²) in [6.45, 7) is 3.98. The van der Waals surface area contributed by atoms with Crippen molar-refractivity contribution in [3.63, 3.8) is 0 Å². The van der Waals surface area contributed by atoms with Gasteiger partial charge in [-0.1, -0.05) is 43.4 Å². The molecule has 1 saturated carbocycles. The number of halogens is 1. The lowest BCUT2D eigenvalue weighted by atomic mass is 9.98. The Kier molecular flexibility index (Phi) is 5.11. The van der Waals surface area contributed by atoms with Gasteiger partial charge in [0, 0.05) is 10.6 Å². The van der Waals surface area contributed by atoms with Crippen LogP contribution in [0, 0.1) is 5.92 Å². The first-order chi connectivity index (χ1) is 11.9. The van der Waals surface area contributed by atoms with E-state index in [1.807, 2.05) is 13.8 Å². The quantitative estimate of drug-likeness (QED) is 0.847. The van der Waals surface area contributed by atoms with Gasteiger partial charge in [0.05, 0.1) is 5.54 Å². The van der Waals surface area contributed by atoms with Crippen molar-refractivity contribution in [3.8, 4) is 0 Å². The molecule has 1 heterocycles. The summed E-state index contributed by atoms with van der Waals surface area (Å²) in [6, 6.07) is 6.35. The highest BCUT2D eigenvalue weighted by Crippen LogP contribution is 2.35. The van der Waals surface area contributed by atoms with Gasteiger partial charge in [0.1, 0.15) is 6.04 Å². The maximum atomic E-state index is 12.5. The molecule has 1 unspecified atom stereocenters. The first-order valence-corrected chi connectivity index (χ1v) is 8.96. The Morgan fingerprint density at radius 1 is 1.28 bits per heavy atom. The molecule has 25 heavy (non-hydrogen) atoms. The molecule has 0 spiro atoms. The highest BCUT2D eigenvalue weighted by Gasteiger charge is 2.37. The van der Waals surface area contributed by atoms with Gasteiger partial charge < -0.3 is 15.6 Å². The number of nitrogens with two attached hydrogens (primary N) is 1. The van der Waals surface area contributed by atoms with Gasteiger partial charge in [-0.05, 0) is 43.0 Å². The molecule has 134 valence electrons. The van der Waals surface area contributed by atoms with Gasteiger partial charge >= 0.3 is 0 Å². The average Bonchev–Trinajstić information content (AvgIpc) is 3.23. The summed E-state index contributed by atoms with van der Waals surface area (Å²) in [5.41, 5.74) is 6.41. The van der Waals surface area contributed by atoms with Crippen LogP contribution in [0.3, 0.4) is 0 Å². The SMILES string of the molecule is CC(C)C(NC(=O)c1ccc(Cl)cc1)c1nc(C2(N)CCCC2)no1. The molecule has 1 aliphatic rings. The number of benzene rings is 1. The number of aromatic nitrogens is 2. The minimum atomic E-state index is -0.510. The van der Waals surface area contributed by atoms with Crippen molar-refractivity contribution in [1.82, 2.24) is 15.5 Å². The molecule has 1 aromatic carbocycles. The maximum absolute atomic E-state index is 12.5. The Hall–Kier alpha value is -1.92. The molecule has 0 bridgehead atoms. The molecule has 1 aliphatic carbocycles. The number of carbonyl (C=O) groups excluding carboxylic acids is 1. The van der Waals surface area contributed by atoms with E-state index in [4.69, 9.17) is 21.9 Å². The third-order valence-electron chi connectivity index (χ3n) is 4.71. The molecular weight excluding hydrogens is 340 g/mol. The lowest BCUT2D eigenvalue weighted by Gasteiger charge is -2.19. The van der Waals surface area contributed by atoms with Crippen molar-refractivity contribution in [3.05, 3.63) is 46.6 Å². The minimum absolute atomic E-state index is 0.0850. The maximum Gasteiger partial charge on any atom is 0.251 e. The molecule has 3 rings (SSSR count). The van der Waals surface area contributed by atoms with Gasteiger partial charge in [-0.15, -0.1) is 0 Å². The lowest BCUT2D eigenvalue weighted by Crippen LogP contribution is -2.35. The predicted octanol–water partition coefficient (Wildman–Crippen LogP) is 3.58. The lowest BCUT2D eigenvalue weighted by molar-refractivity contribution is 0.0914. The Labute approximate surface area is 152 Å². The van der Waals surface area contributed by atoms with E-state index in [2.05, 4.69) is 15.5 Å². The molecule has 1 aromatic heterocycles. The number of rotatable bonds is 5. The van der Waals surface area contributed by atoms with Crippen molar-refractivity contribution in [2.75, 3.05) is 0 Å². The Bertz CT molecular complexity index is 736. The standard InChI is InChI=1S/C18H23ClN4O2/c1-11(2)14(21-15(24)12-5-7-13(19)8-6-12)16-22-17(23-25-16)18(20)9-3-4-10-18/h5-8,11,14H,3-4,9-10,20H2,1-2H3,(H,21,24). The summed E-state index contributed by atoms with van der Waals surface area (Å²) in [6.07, 6.45) is 3.85. The summed E-state index contributed by atoms with van der Waals surface area (Å²) < 4.78 is 5.44. The predicted molar refractivity (Wildman–Crippen MR) is 95.1 cm³/mol. The number of amides is 1. The van der Waals surface area contributed by atoms with Crippen LogP contribution in [0.4, 0.5) is 0 Å². The molecule has 7 heteroatoms. The second kappa shape index (κ2) is 7.14. The zero-order valence-electron chi connectivity index (χ0n) is 14.5. The van der Waals surface area contributed by atoms with Gasteiger partial charge in [0.25, 0.3) is 5.91 Å². The Morgan fingerprint density at radius 2 is 1.92 bits per heavy atom. The van der Waals surface area contributed by atoms with Crippen LogP contribution >= 0.6 is 11.6 Å². The minimum Gasteiger partial charge on any atom is -0.340 e. The Balaban J connectivity index is 1.78. The highest BCUT2D eigenvalue weighted by molar-refractivity contribution is 6.30. The summed E-state index contributed by atoms with van der Waals surface area (Å²) in [5, 5.41) is 7.64. The number of carbonyl (C=O) groups is 1. The van der Waals surface area contributed by atoms with Gasteiger partial charge in [-0.3, -0.25) is 4.79 Å². The van der Waals surface area contributed by atoms with Crippen molar-refractivity contribution >= 4 is 17.5 Å². The van der Waals surface area contributed by atoms with Crippen molar-refractivity contribution in [2.24, 2.45) is 11.7 Å². The summed E-state index contributed by atoms with van der Waals surface area (Å²) in [7, 11) is 0. The number of nitrogens with zero attached hydrogens (tertiary/aromatic N) is 2. The van der Waals surface area contributed by atoms with Crippen LogP contribution in [0.25, 0.3) is 0 Å². The molecule has 2 aromatic rings. The number of hydrogen-bond acceptors (Lipinski definition) is 5. The zero-order chi connectivity index (χ0) is 18.0. The van der Waals surface area contributed by atoms with Crippen LogP contribution in [-0.4, -0.2) is 16.0 Å². The van der Waals surface area contributed by atoms with E-state index in [0.29, 0.717) is 22.3 Å². The van der Waals surface area contributed by atoms with E-state index in [1.54, 1.807) is 24.3 Å². The largest absolute Gasteiger partial charge is 0.340 e. The van der Waals surface area contributed by atoms with E-state index in [0.717, 1.165) is 25.7 Å². The van der Waals surface area contributed by atoms with E-state index in [1.165, 1.54) is 0 Å². The smallest absolute Gasteiger partial charge is 0.251 e. The molecule has 0 saturated heterocycles. The van der Waals surface area contributed by atoms with E-state index >= 15 is 0 Å². The third-order valence-corrected chi connectivity index (χ3v) is 4.96. The van der Waals surface area contributed by atoms with Crippen LogP contribution in [0.5, 0.6) is 0 Å². The van der Waals surface area contributed by atoms with Crippen LogP contribution < -0.4 is 11.1 Å². The second-order valence-electron chi connectivity index (χ2n) is 7.02. The molecule has 1 fully saturated rings. The normalized spacial score (nSPS) is 17.6. The van der Waals surface area contributed by atoms with E-state index < -0.39 is 5.54 Å². The van der Waals surface area contributed by atoms with Crippen molar-refractivity contribution in [1.29, 1.82) is 0 Å². The summed E-state index contributed by atoms with van der Waals surface area (Å²) >= 11 is 5.87. The zero-order valence-corrected chi connectivity index (χ0v) is 15.2. The third kappa shape index (κ3) is 3.85. The molecule has 0 aliphatic heterocycles. The van der Waals surface area contributed by atoms with Crippen LogP contribution in [-0.2, 0) is 5.54 Å². The van der Waals surface area contributed by atoms with E-state index in [9.17, 15) is 4.79 Å². The molecule has 3 N–H and O–H groups in total. The molecule has 0 radical (unpaired) electrons. The second-order valence-corrected chi connectivity index (χ2v) is 7.46. The van der Waals surface area contributed by atoms with Gasteiger partial charge in [-0.2, -0.15) is 4.98 Å². The highest BCUT2D eigenvalue weighted by atomic mass is 35.5. The van der Waals surface area contributed by atoms with Gasteiger partial charge in [0.15, 0.2) is 5.82 Å². The summed E-state index contributed by atoms with van der Waals surface area (Å²) in [4.78, 5) is 17.0. The van der Waals surface area contributed by atoms with Gasteiger partial charge in [-0.25, -0.2) is 0 Å². The first-order valence-electron chi connectivity index (χ1n) is 8.58. The van der Waals surface area contributed by atoms with Crippen LogP contribution in [0.1, 0.15) is 67.6 Å². The van der Waals surface area contributed by atoms with Crippen LogP contribution in [0.2, 0.25) is 5.02 Å². The Morgan fingerprint density at radius 3 is 2.52 bits per heavy atom. The summed E-state index contributed by atoms with van der Waals surface area (Å²) in [5.74, 6) is 0.802. The number of hydrogen-bond donors (Lipinski definition) is 2. The fourth-order valence-corrected chi connectivity index (χ4v) is 3.26. The average molecular weight is 363 g/mol.